The zero-order valence-corrected chi connectivity index (χ0v) is 10.3. The third-order valence-corrected chi connectivity index (χ3v) is 3.86. The fourth-order valence-electron chi connectivity index (χ4n) is 0.720. The summed E-state index contributed by atoms with van der Waals surface area (Å²) in [6.07, 6.45) is 0.745. The molecule has 84 valence electrons. The quantitative estimate of drug-likeness (QED) is 0.631. The lowest BCUT2D eigenvalue weighted by atomic mass is 10.3. The Balaban J connectivity index is 4.50. The van der Waals surface area contributed by atoms with E-state index >= 15 is 0 Å². The molecule has 7 heteroatoms. The predicted molar refractivity (Wildman–Crippen MR) is 61.2 cm³/mol. The Labute approximate surface area is 90.8 Å². The lowest BCUT2D eigenvalue weighted by molar-refractivity contribution is 0.441. The average molecular weight is 239 g/mol. The second kappa shape index (κ2) is 5.59. The van der Waals surface area contributed by atoms with Crippen molar-refractivity contribution >= 4 is 27.4 Å². The van der Waals surface area contributed by atoms with E-state index in [1.165, 1.54) is 7.05 Å². The zero-order valence-electron chi connectivity index (χ0n) is 8.65. The van der Waals surface area contributed by atoms with E-state index in [-0.39, 0.29) is 4.99 Å². The topological polar surface area (TPSA) is 75.4 Å². The van der Waals surface area contributed by atoms with E-state index in [2.05, 4.69) is 4.72 Å². The number of likely N-dealkylation sites (N-methyl/N-ethyl adjacent to an activating group) is 1. The van der Waals surface area contributed by atoms with Gasteiger partial charge in [-0.15, -0.1) is 0 Å². The minimum atomic E-state index is -3.45. The molecule has 0 aromatic heterocycles. The van der Waals surface area contributed by atoms with Gasteiger partial charge in [-0.1, -0.05) is 19.1 Å². The van der Waals surface area contributed by atoms with Crippen molar-refractivity contribution < 1.29 is 8.42 Å². The summed E-state index contributed by atoms with van der Waals surface area (Å²) in [5.41, 5.74) is 5.36. The Morgan fingerprint density at radius 3 is 2.50 bits per heavy atom. The van der Waals surface area contributed by atoms with Gasteiger partial charge in [0.05, 0.1) is 11.0 Å². The molecule has 0 aromatic rings. The first-order chi connectivity index (χ1) is 6.33. The molecule has 0 radical (unpaired) electrons. The number of hydrogen-bond donors (Lipinski definition) is 2. The van der Waals surface area contributed by atoms with Gasteiger partial charge in [0.2, 0.25) is 0 Å². The molecule has 0 aliphatic heterocycles. The zero-order chi connectivity index (χ0) is 11.4. The molecule has 3 N–H and O–H groups in total. The van der Waals surface area contributed by atoms with Gasteiger partial charge in [0.1, 0.15) is 0 Å². The van der Waals surface area contributed by atoms with Crippen LogP contribution in [0, 0.1) is 0 Å². The highest BCUT2D eigenvalue weighted by Gasteiger charge is 2.23. The lowest BCUT2D eigenvalue weighted by Crippen LogP contribution is -2.47. The van der Waals surface area contributed by atoms with Gasteiger partial charge in [-0.2, -0.15) is 12.7 Å². The van der Waals surface area contributed by atoms with Crippen LogP contribution in [0.25, 0.3) is 0 Å². The Kier molecular flexibility index (Phi) is 5.50. The monoisotopic (exact) mass is 239 g/mol. The van der Waals surface area contributed by atoms with E-state index in [9.17, 15) is 8.42 Å². The summed E-state index contributed by atoms with van der Waals surface area (Å²) in [7, 11) is -2.00. The molecule has 14 heavy (non-hydrogen) atoms. The van der Waals surface area contributed by atoms with E-state index in [1.54, 1.807) is 6.92 Å². The molecule has 1 unspecified atom stereocenters. The molecule has 0 aliphatic rings. The predicted octanol–water partition coefficient (Wildman–Crippen LogP) is -0.163. The second-order valence-electron chi connectivity index (χ2n) is 2.99. The maximum atomic E-state index is 11.5. The molecule has 0 amide bonds. The molecular weight excluding hydrogens is 222 g/mol. The number of thiocarbonyl (C=S) groups is 1. The van der Waals surface area contributed by atoms with Crippen LogP contribution in [0.15, 0.2) is 0 Å². The van der Waals surface area contributed by atoms with Gasteiger partial charge >= 0.3 is 0 Å². The number of nitrogens with zero attached hydrogens (tertiary/aromatic N) is 1. The van der Waals surface area contributed by atoms with Crippen LogP contribution >= 0.6 is 12.2 Å². The number of rotatable bonds is 6. The lowest BCUT2D eigenvalue weighted by Gasteiger charge is -2.23. The SMILES string of the molecule is CCCNS(=O)(=O)N(C)C(C)C(N)=S. The van der Waals surface area contributed by atoms with E-state index in [0.29, 0.717) is 6.54 Å². The largest absolute Gasteiger partial charge is 0.392 e. The molecular formula is C7H17N3O2S2. The van der Waals surface area contributed by atoms with Crippen LogP contribution in [0.1, 0.15) is 20.3 Å². The number of nitrogens with one attached hydrogen (secondary N) is 1. The Hall–Kier alpha value is -0.240. The minimum Gasteiger partial charge on any atom is -0.392 e. The van der Waals surface area contributed by atoms with Gasteiger partial charge in [-0.3, -0.25) is 0 Å². The Morgan fingerprint density at radius 2 is 2.14 bits per heavy atom. The maximum absolute atomic E-state index is 11.5. The molecule has 0 aliphatic carbocycles. The van der Waals surface area contributed by atoms with Crippen molar-refractivity contribution in [3.8, 4) is 0 Å². The van der Waals surface area contributed by atoms with Crippen LogP contribution in [0.5, 0.6) is 0 Å². The number of hydrogen-bond acceptors (Lipinski definition) is 3. The summed E-state index contributed by atoms with van der Waals surface area (Å²) in [6, 6.07) is -0.473. The fraction of sp³-hybridized carbons (Fsp3) is 0.857. The van der Waals surface area contributed by atoms with E-state index in [4.69, 9.17) is 18.0 Å². The van der Waals surface area contributed by atoms with Gasteiger partial charge in [0, 0.05) is 13.6 Å². The van der Waals surface area contributed by atoms with Crippen molar-refractivity contribution in [2.24, 2.45) is 5.73 Å². The molecule has 0 saturated carbocycles. The molecule has 0 aromatic carbocycles. The maximum Gasteiger partial charge on any atom is 0.279 e. The van der Waals surface area contributed by atoms with Crippen molar-refractivity contribution in [2.75, 3.05) is 13.6 Å². The van der Waals surface area contributed by atoms with Crippen LogP contribution in [0.2, 0.25) is 0 Å². The second-order valence-corrected chi connectivity index (χ2v) is 5.28. The molecule has 0 saturated heterocycles. The third kappa shape index (κ3) is 3.87. The van der Waals surface area contributed by atoms with Gasteiger partial charge < -0.3 is 5.73 Å². The van der Waals surface area contributed by atoms with Crippen molar-refractivity contribution in [1.29, 1.82) is 0 Å². The van der Waals surface area contributed by atoms with Crippen LogP contribution < -0.4 is 10.5 Å². The summed E-state index contributed by atoms with van der Waals surface area (Å²) in [4.78, 5) is 0.161. The smallest absolute Gasteiger partial charge is 0.279 e. The fourth-order valence-corrected chi connectivity index (χ4v) is 2.14. The highest BCUT2D eigenvalue weighted by atomic mass is 32.2. The van der Waals surface area contributed by atoms with Crippen molar-refractivity contribution in [2.45, 2.75) is 26.3 Å². The average Bonchev–Trinajstić information content (AvgIpc) is 2.12. The molecule has 5 nitrogen and oxygen atoms in total. The first kappa shape index (κ1) is 13.8. The number of nitrogens with two attached hydrogens (primary N) is 1. The van der Waals surface area contributed by atoms with Crippen molar-refractivity contribution in [1.82, 2.24) is 9.03 Å². The van der Waals surface area contributed by atoms with E-state index < -0.39 is 16.3 Å². The molecule has 0 heterocycles. The van der Waals surface area contributed by atoms with Crippen molar-refractivity contribution in [3.63, 3.8) is 0 Å². The first-order valence-corrected chi connectivity index (χ1v) is 6.19. The Bertz CT molecular complexity index is 289. The summed E-state index contributed by atoms with van der Waals surface area (Å²) >= 11 is 4.72. The standard InChI is InChI=1S/C7H17N3O2S2/c1-4-5-9-14(11,12)10(3)6(2)7(8)13/h6,9H,4-5H2,1-3H3,(H2,8,13). The normalized spacial score (nSPS) is 14.3. The van der Waals surface area contributed by atoms with Gasteiger partial charge in [0.15, 0.2) is 0 Å². The van der Waals surface area contributed by atoms with Gasteiger partial charge in [-0.05, 0) is 13.3 Å². The summed E-state index contributed by atoms with van der Waals surface area (Å²) < 4.78 is 26.6. The van der Waals surface area contributed by atoms with Gasteiger partial charge in [-0.25, -0.2) is 4.72 Å². The van der Waals surface area contributed by atoms with E-state index in [1.807, 2.05) is 6.92 Å². The highest BCUT2D eigenvalue weighted by Crippen LogP contribution is 2.01. The van der Waals surface area contributed by atoms with Crippen LogP contribution in [0.4, 0.5) is 0 Å². The molecule has 0 fully saturated rings. The van der Waals surface area contributed by atoms with Crippen LogP contribution in [-0.2, 0) is 10.2 Å². The Morgan fingerprint density at radius 1 is 1.64 bits per heavy atom. The third-order valence-electron chi connectivity index (χ3n) is 1.87. The van der Waals surface area contributed by atoms with Crippen molar-refractivity contribution in [3.05, 3.63) is 0 Å². The van der Waals surface area contributed by atoms with Crippen LogP contribution in [-0.4, -0.2) is 37.3 Å². The molecule has 0 rings (SSSR count). The van der Waals surface area contributed by atoms with E-state index in [0.717, 1.165) is 10.7 Å². The first-order valence-electron chi connectivity index (χ1n) is 4.34. The minimum absolute atomic E-state index is 0.161. The molecule has 0 bridgehead atoms. The molecule has 1 atom stereocenters. The highest BCUT2D eigenvalue weighted by molar-refractivity contribution is 7.87. The summed E-state index contributed by atoms with van der Waals surface area (Å²) in [5.74, 6) is 0. The summed E-state index contributed by atoms with van der Waals surface area (Å²) in [5, 5.41) is 0. The molecule has 0 spiro atoms. The summed E-state index contributed by atoms with van der Waals surface area (Å²) in [6.45, 7) is 3.95. The van der Waals surface area contributed by atoms with Gasteiger partial charge in [0.25, 0.3) is 10.2 Å². The van der Waals surface area contributed by atoms with Crippen LogP contribution in [0.3, 0.4) is 0 Å².